The molecule has 0 amide bonds. The van der Waals surface area contributed by atoms with Gasteiger partial charge >= 0.3 is 0 Å². The lowest BCUT2D eigenvalue weighted by molar-refractivity contribution is -0.169. The fourth-order valence-corrected chi connectivity index (χ4v) is 13.5. The lowest BCUT2D eigenvalue weighted by Gasteiger charge is -2.37. The van der Waals surface area contributed by atoms with Crippen LogP contribution < -0.4 is 9.80 Å². The normalized spacial score (nSPS) is 25.4. The Bertz CT molecular complexity index is 2680. The van der Waals surface area contributed by atoms with Gasteiger partial charge in [-0.15, -0.1) is 0 Å². The van der Waals surface area contributed by atoms with Crippen molar-refractivity contribution in [1.29, 1.82) is 0 Å². The van der Waals surface area contributed by atoms with Crippen LogP contribution in [0.4, 0.5) is 22.7 Å². The van der Waals surface area contributed by atoms with Crippen molar-refractivity contribution >= 4 is 22.7 Å². The van der Waals surface area contributed by atoms with E-state index in [4.69, 9.17) is 37.9 Å². The zero-order valence-corrected chi connectivity index (χ0v) is 47.8. The number of allylic oxidation sites excluding steroid dienone is 8. The quantitative estimate of drug-likeness (QED) is 0.0961. The summed E-state index contributed by atoms with van der Waals surface area (Å²) in [5, 5.41) is 0. The molecule has 12 rings (SSSR count). The molecule has 6 bridgehead atoms. The van der Waals surface area contributed by atoms with Crippen LogP contribution in [0, 0.1) is 13.8 Å². The van der Waals surface area contributed by atoms with E-state index in [0.717, 1.165) is 155 Å². The number of benzene rings is 4. The number of hydrogen-bond donors (Lipinski definition) is 0. The molecule has 424 valence electrons. The fraction of sp³-hybridized carbons (Fsp3) is 0.514. The van der Waals surface area contributed by atoms with Crippen LogP contribution in [0.5, 0.6) is 0 Å². The van der Waals surface area contributed by atoms with Gasteiger partial charge in [0.15, 0.2) is 25.2 Å². The van der Waals surface area contributed by atoms with Gasteiger partial charge in [0.2, 0.25) is 0 Å². The third kappa shape index (κ3) is 13.5. The third-order valence-electron chi connectivity index (χ3n) is 18.2. The number of ether oxygens (including phenoxy) is 8. The molecule has 0 N–H and O–H groups in total. The lowest BCUT2D eigenvalue weighted by Crippen LogP contribution is -2.33. The maximum absolute atomic E-state index is 6.36. The van der Waals surface area contributed by atoms with Gasteiger partial charge in [0.05, 0.1) is 26.4 Å². The first kappa shape index (κ1) is 55.4. The molecule has 6 unspecified atom stereocenters. The topological polar surface area (TPSA) is 80.3 Å². The number of nitrogens with zero attached hydrogens (tertiary/aromatic N) is 2. The molecule has 4 aliphatic carbocycles. The van der Waals surface area contributed by atoms with E-state index in [1.807, 2.05) is 0 Å². The van der Waals surface area contributed by atoms with E-state index in [1.54, 1.807) is 11.1 Å². The summed E-state index contributed by atoms with van der Waals surface area (Å²) in [5.41, 5.74) is 21.2. The van der Waals surface area contributed by atoms with Crippen molar-refractivity contribution in [2.75, 3.05) is 36.2 Å². The molecule has 0 saturated carbocycles. The van der Waals surface area contributed by atoms with Gasteiger partial charge in [-0.1, -0.05) is 71.8 Å². The molecule has 0 aromatic heterocycles. The van der Waals surface area contributed by atoms with Crippen molar-refractivity contribution in [2.45, 2.75) is 206 Å². The van der Waals surface area contributed by atoms with E-state index in [-0.39, 0.29) is 37.2 Å². The highest BCUT2D eigenvalue weighted by molar-refractivity contribution is 5.70. The van der Waals surface area contributed by atoms with Crippen LogP contribution in [-0.4, -0.2) is 63.7 Å². The molecule has 10 nitrogen and oxygen atoms in total. The van der Waals surface area contributed by atoms with E-state index in [2.05, 4.69) is 133 Å². The Balaban J connectivity index is 0.875. The predicted molar refractivity (Wildman–Crippen MR) is 317 cm³/mol. The van der Waals surface area contributed by atoms with Gasteiger partial charge in [0.25, 0.3) is 0 Å². The average molecular weight is 1080 g/mol. The van der Waals surface area contributed by atoms with Crippen LogP contribution in [0.1, 0.15) is 162 Å². The summed E-state index contributed by atoms with van der Waals surface area (Å²) in [6, 6.07) is 32.9. The predicted octanol–water partition coefficient (Wildman–Crippen LogP) is 16.4. The Morgan fingerprint density at radius 2 is 0.775 bits per heavy atom. The first-order valence-electron chi connectivity index (χ1n) is 30.8. The largest absolute Gasteiger partial charge is 0.353 e. The van der Waals surface area contributed by atoms with Gasteiger partial charge in [-0.3, -0.25) is 0 Å². The Morgan fingerprint density at radius 3 is 1.12 bits per heavy atom. The van der Waals surface area contributed by atoms with Gasteiger partial charge in [-0.05, 0) is 246 Å². The molecule has 4 aliphatic heterocycles. The second-order valence-electron chi connectivity index (χ2n) is 23.7. The smallest absolute Gasteiger partial charge is 0.158 e. The average Bonchev–Trinajstić information content (AvgIpc) is 3.74. The van der Waals surface area contributed by atoms with Crippen LogP contribution in [0.2, 0.25) is 0 Å². The van der Waals surface area contributed by atoms with Crippen molar-refractivity contribution in [3.8, 4) is 0 Å². The fourth-order valence-electron chi connectivity index (χ4n) is 13.5. The van der Waals surface area contributed by atoms with Crippen molar-refractivity contribution < 1.29 is 37.9 Å². The van der Waals surface area contributed by atoms with Crippen molar-refractivity contribution in [1.82, 2.24) is 0 Å². The second kappa shape index (κ2) is 26.8. The van der Waals surface area contributed by atoms with E-state index < -0.39 is 0 Å². The van der Waals surface area contributed by atoms with E-state index >= 15 is 0 Å². The molecular weight excluding hydrogens is 997 g/mol. The summed E-state index contributed by atoms with van der Waals surface area (Å²) in [7, 11) is 0. The second-order valence-corrected chi connectivity index (χ2v) is 23.7. The zero-order chi connectivity index (χ0) is 54.0. The Kier molecular flexibility index (Phi) is 18.6. The monoisotopic (exact) mass is 1080 g/mol. The highest BCUT2D eigenvalue weighted by Gasteiger charge is 2.35. The number of aryl methyl sites for hydroxylation is 2. The van der Waals surface area contributed by atoms with Crippen LogP contribution in [0.25, 0.3) is 0 Å². The standard InChI is InChI=1S/C70H86N2O8/c1-49-41-59(35-27-55(49)47-79-69-19-5-9-39-75-69)71(57-29-21-51(22-30-57)45-77-67-17-3-7-37-73-67)61-33-25-53-13-11-15-63-64-16-12-14-54(65(63)43-61)26-34-62(44-66(53)64)72(58-31-23-52(24-32-58)46-78-68-18-4-8-38-74-68)60-36-28-56(50(2)42-60)48-80-70-20-6-10-40-76-70/h11-12,15-16,21-24,27-32,35-36,41-42,61-62,67-70H,3-10,13-14,17-20,25-26,33-34,37-40,43-48H2,1-2H3. The van der Waals surface area contributed by atoms with Crippen LogP contribution in [0.3, 0.4) is 0 Å². The molecule has 4 aromatic rings. The number of anilines is 4. The number of hydrogen-bond acceptors (Lipinski definition) is 10. The third-order valence-corrected chi connectivity index (χ3v) is 18.2. The van der Waals surface area contributed by atoms with E-state index in [9.17, 15) is 0 Å². The summed E-state index contributed by atoms with van der Waals surface area (Å²) >= 11 is 0. The van der Waals surface area contributed by atoms with Crippen molar-refractivity contribution in [3.05, 3.63) is 176 Å². The van der Waals surface area contributed by atoms with Crippen LogP contribution in [0.15, 0.2) is 143 Å². The van der Waals surface area contributed by atoms with Gasteiger partial charge in [-0.2, -0.15) is 0 Å². The highest BCUT2D eigenvalue weighted by Crippen LogP contribution is 2.48. The molecule has 8 aliphatic rings. The van der Waals surface area contributed by atoms with Crippen molar-refractivity contribution in [2.24, 2.45) is 0 Å². The Labute approximate surface area is 476 Å². The lowest BCUT2D eigenvalue weighted by atomic mass is 9.85. The molecule has 0 radical (unpaired) electrons. The minimum absolute atomic E-state index is 0.121. The Morgan fingerprint density at radius 1 is 0.412 bits per heavy atom. The van der Waals surface area contributed by atoms with E-state index in [1.165, 1.54) is 78.4 Å². The molecular formula is C70H86N2O8. The molecule has 0 spiro atoms. The maximum atomic E-state index is 6.36. The Hall–Kier alpha value is -5.14. The van der Waals surface area contributed by atoms with Crippen LogP contribution in [-0.2, 0) is 64.3 Å². The van der Waals surface area contributed by atoms with Gasteiger partial charge in [0, 0.05) is 61.3 Å². The molecule has 4 aromatic carbocycles. The first-order chi connectivity index (χ1) is 39.5. The summed E-state index contributed by atoms with van der Waals surface area (Å²) in [4.78, 5) is 5.36. The zero-order valence-electron chi connectivity index (χ0n) is 47.8. The molecule has 4 heterocycles. The van der Waals surface area contributed by atoms with Gasteiger partial charge < -0.3 is 47.7 Å². The van der Waals surface area contributed by atoms with Gasteiger partial charge in [0.1, 0.15) is 0 Å². The SMILES string of the molecule is Cc1cc(N(c2ccc(COC3CCCCO3)cc2)C2CCC3=C4CC(N(c5ccc(COC6CCCCO6)cc5)c5ccc(COC6CCCCO6)c(C)c5)CCC5=C(C2)C(=C4C=CC5)C=CC3)ccc1COC1CCCCO1. The molecule has 10 heteroatoms. The summed E-state index contributed by atoms with van der Waals surface area (Å²) < 4.78 is 49.2. The molecule has 80 heavy (non-hydrogen) atoms. The minimum Gasteiger partial charge on any atom is -0.353 e. The van der Waals surface area contributed by atoms with Gasteiger partial charge in [-0.25, -0.2) is 0 Å². The minimum atomic E-state index is -0.124. The number of rotatable bonds is 18. The summed E-state index contributed by atoms with van der Waals surface area (Å²) in [5.74, 6) is 0. The van der Waals surface area contributed by atoms with E-state index in [0.29, 0.717) is 26.4 Å². The summed E-state index contributed by atoms with van der Waals surface area (Å²) in [6.45, 7) is 9.81. The van der Waals surface area contributed by atoms with Crippen LogP contribution >= 0.6 is 0 Å². The maximum Gasteiger partial charge on any atom is 0.158 e. The van der Waals surface area contributed by atoms with Crippen molar-refractivity contribution in [3.63, 3.8) is 0 Å². The highest BCUT2D eigenvalue weighted by atomic mass is 16.7. The molecule has 4 fully saturated rings. The molecule has 4 saturated heterocycles. The molecule has 6 atom stereocenters. The summed E-state index contributed by atoms with van der Waals surface area (Å²) in [6.07, 6.45) is 30.3. The first-order valence-corrected chi connectivity index (χ1v) is 30.8.